The molecule has 2 rings (SSSR count). The van der Waals surface area contributed by atoms with Crippen LogP contribution in [0.1, 0.15) is 0 Å². The van der Waals surface area contributed by atoms with Crippen molar-refractivity contribution in [3.05, 3.63) is 41.0 Å². The largest absolute Gasteiger partial charge is 0.233 e. The molecule has 2 aromatic rings. The topological polar surface area (TPSA) is 12.9 Å². The van der Waals surface area contributed by atoms with E-state index in [9.17, 15) is 4.39 Å². The molecule has 0 bridgehead atoms. The van der Waals surface area contributed by atoms with Gasteiger partial charge in [-0.25, -0.2) is 9.37 Å². The summed E-state index contributed by atoms with van der Waals surface area (Å²) in [6.07, 6.45) is 0. The van der Waals surface area contributed by atoms with Gasteiger partial charge in [0.2, 0.25) is 0 Å². The van der Waals surface area contributed by atoms with Crippen molar-refractivity contribution in [3.8, 4) is 11.3 Å². The van der Waals surface area contributed by atoms with Gasteiger partial charge in [-0.05, 0) is 12.1 Å². The third-order valence-electron chi connectivity index (χ3n) is 1.54. The lowest BCUT2D eigenvalue weighted by Crippen LogP contribution is -1.81. The summed E-state index contributed by atoms with van der Waals surface area (Å²) in [6, 6.07) is 6.58. The maximum atomic E-state index is 13.1. The minimum absolute atomic E-state index is 0.239. The Labute approximate surface area is 73.5 Å². The quantitative estimate of drug-likeness (QED) is 0.654. The van der Waals surface area contributed by atoms with Crippen molar-refractivity contribution < 1.29 is 4.39 Å². The Morgan fingerprint density at radius 2 is 2.17 bits per heavy atom. The average molecular weight is 178 g/mol. The predicted molar refractivity (Wildman–Crippen MR) is 46.3 cm³/mol. The van der Waals surface area contributed by atoms with E-state index in [4.69, 9.17) is 0 Å². The van der Waals surface area contributed by atoms with Crippen molar-refractivity contribution in [1.29, 1.82) is 0 Å². The van der Waals surface area contributed by atoms with Crippen LogP contribution in [-0.4, -0.2) is 4.98 Å². The molecule has 0 saturated carbocycles. The first-order valence-corrected chi connectivity index (χ1v) is 4.32. The minimum Gasteiger partial charge on any atom is -0.233 e. The summed E-state index contributed by atoms with van der Waals surface area (Å²) in [5.41, 5.74) is 3.87. The third kappa shape index (κ3) is 1.23. The van der Waals surface area contributed by atoms with Gasteiger partial charge in [-0.2, -0.15) is 0 Å². The fourth-order valence-electron chi connectivity index (χ4n) is 0.977. The monoisotopic (exact) mass is 178 g/mol. The summed E-state index contributed by atoms with van der Waals surface area (Å²) in [5, 5.41) is 1.78. The Morgan fingerprint density at radius 1 is 1.33 bits per heavy atom. The van der Waals surface area contributed by atoms with E-state index >= 15 is 0 Å². The number of aromatic nitrogens is 1. The zero-order chi connectivity index (χ0) is 8.39. The lowest BCUT2D eigenvalue weighted by molar-refractivity contribution is 0.631. The molecule has 0 saturated heterocycles. The molecule has 1 nitrogen and oxygen atoms in total. The van der Waals surface area contributed by atoms with Gasteiger partial charge in [-0.1, -0.05) is 12.1 Å². The highest BCUT2D eigenvalue weighted by atomic mass is 32.1. The number of halogens is 1. The van der Waals surface area contributed by atoms with Crippen LogP contribution in [0.5, 0.6) is 0 Å². The molecule has 0 amide bonds. The van der Waals surface area contributed by atoms with E-state index in [0.717, 1.165) is 0 Å². The van der Waals surface area contributed by atoms with Crippen LogP contribution in [0.3, 0.4) is 0 Å². The molecule has 1 heterocycles. The Bertz CT molecular complexity index is 370. The fraction of sp³-hybridized carbons (Fsp3) is 0. The van der Waals surface area contributed by atoms with Crippen LogP contribution in [0.2, 0.25) is 0 Å². The molecule has 0 aliphatic rings. The van der Waals surface area contributed by atoms with Crippen molar-refractivity contribution >= 4 is 11.3 Å². The number of thiazole rings is 1. The van der Waals surface area contributed by atoms with E-state index in [1.165, 1.54) is 17.4 Å². The van der Waals surface area contributed by atoms with Gasteiger partial charge in [0.25, 0.3) is 0 Å². The molecular formula is C9H5FNS. The third-order valence-corrected chi connectivity index (χ3v) is 2.08. The maximum Gasteiger partial charge on any atom is 0.152 e. The van der Waals surface area contributed by atoms with E-state index in [0.29, 0.717) is 11.3 Å². The molecule has 0 aliphatic carbocycles. The summed E-state index contributed by atoms with van der Waals surface area (Å²) < 4.78 is 13.1. The Balaban J connectivity index is 2.55. The molecule has 3 heteroatoms. The van der Waals surface area contributed by atoms with Gasteiger partial charge in [0.1, 0.15) is 5.82 Å². The van der Waals surface area contributed by atoms with Crippen molar-refractivity contribution in [2.24, 2.45) is 0 Å². The van der Waals surface area contributed by atoms with Crippen LogP contribution < -0.4 is 0 Å². The van der Waals surface area contributed by atoms with Gasteiger partial charge in [0.05, 0.1) is 5.69 Å². The lowest BCUT2D eigenvalue weighted by Gasteiger charge is -1.96. The number of hydrogen-bond acceptors (Lipinski definition) is 2. The predicted octanol–water partition coefficient (Wildman–Crippen LogP) is 2.75. The van der Waals surface area contributed by atoms with E-state index in [2.05, 4.69) is 10.5 Å². The molecule has 0 fully saturated rings. The first-order chi connectivity index (χ1) is 5.88. The van der Waals surface area contributed by atoms with Crippen molar-refractivity contribution in [2.45, 2.75) is 0 Å². The van der Waals surface area contributed by atoms with Gasteiger partial charge < -0.3 is 0 Å². The van der Waals surface area contributed by atoms with Gasteiger partial charge in [0.15, 0.2) is 5.51 Å². The van der Waals surface area contributed by atoms with Crippen molar-refractivity contribution in [1.82, 2.24) is 4.98 Å². The second-order valence-electron chi connectivity index (χ2n) is 2.30. The van der Waals surface area contributed by atoms with Gasteiger partial charge in [0, 0.05) is 10.9 Å². The first kappa shape index (κ1) is 7.43. The van der Waals surface area contributed by atoms with Crippen LogP contribution in [0.25, 0.3) is 11.3 Å². The van der Waals surface area contributed by atoms with Crippen LogP contribution in [0.15, 0.2) is 29.6 Å². The van der Waals surface area contributed by atoms with Gasteiger partial charge >= 0.3 is 0 Å². The fourth-order valence-corrected chi connectivity index (χ4v) is 1.47. The lowest BCUT2D eigenvalue weighted by atomic mass is 10.2. The number of nitrogens with zero attached hydrogens (tertiary/aromatic N) is 1. The summed E-state index contributed by atoms with van der Waals surface area (Å²) in [7, 11) is 0. The molecule has 0 atom stereocenters. The zero-order valence-corrected chi connectivity index (χ0v) is 6.94. The summed E-state index contributed by atoms with van der Waals surface area (Å²) in [5.74, 6) is -0.239. The standard InChI is InChI=1S/C9H5FNS/c10-8-4-2-1-3-7(8)9-5-12-6-11-9/h1-5H. The van der Waals surface area contributed by atoms with Gasteiger partial charge in [-0.3, -0.25) is 0 Å². The molecule has 0 unspecified atom stereocenters. The highest BCUT2D eigenvalue weighted by Crippen LogP contribution is 2.21. The Hall–Kier alpha value is -1.22. The van der Waals surface area contributed by atoms with Crippen molar-refractivity contribution in [2.75, 3.05) is 0 Å². The SMILES string of the molecule is Fc1ccccc1-c1cs[c]n1. The molecule has 0 aliphatic heterocycles. The maximum absolute atomic E-state index is 13.1. The van der Waals surface area contributed by atoms with Crippen LogP contribution in [0.4, 0.5) is 4.39 Å². The minimum atomic E-state index is -0.239. The van der Waals surface area contributed by atoms with Crippen LogP contribution >= 0.6 is 11.3 Å². The van der Waals surface area contributed by atoms with Gasteiger partial charge in [-0.15, -0.1) is 11.3 Å². The number of benzene rings is 1. The van der Waals surface area contributed by atoms with Crippen LogP contribution in [0, 0.1) is 11.3 Å². The summed E-state index contributed by atoms with van der Waals surface area (Å²) in [4.78, 5) is 3.90. The van der Waals surface area contributed by atoms with E-state index < -0.39 is 0 Å². The number of hydrogen-bond donors (Lipinski definition) is 0. The van der Waals surface area contributed by atoms with E-state index in [-0.39, 0.29) is 5.82 Å². The van der Waals surface area contributed by atoms with Crippen LogP contribution in [-0.2, 0) is 0 Å². The smallest absolute Gasteiger partial charge is 0.152 e. The normalized spacial score (nSPS) is 10.1. The molecule has 1 aromatic carbocycles. The molecule has 0 N–H and O–H groups in total. The average Bonchev–Trinajstić information content (AvgIpc) is 2.57. The van der Waals surface area contributed by atoms with E-state index in [1.807, 2.05) is 0 Å². The highest BCUT2D eigenvalue weighted by molar-refractivity contribution is 7.07. The Kier molecular flexibility index (Phi) is 1.87. The molecule has 12 heavy (non-hydrogen) atoms. The Morgan fingerprint density at radius 3 is 2.83 bits per heavy atom. The number of rotatable bonds is 1. The summed E-state index contributed by atoms with van der Waals surface area (Å²) >= 11 is 1.34. The molecule has 1 radical (unpaired) electrons. The molecular weight excluding hydrogens is 173 g/mol. The highest BCUT2D eigenvalue weighted by Gasteiger charge is 2.04. The molecule has 0 spiro atoms. The zero-order valence-electron chi connectivity index (χ0n) is 6.12. The second-order valence-corrected chi connectivity index (χ2v) is 2.96. The first-order valence-electron chi connectivity index (χ1n) is 3.44. The summed E-state index contributed by atoms with van der Waals surface area (Å²) in [6.45, 7) is 0. The molecule has 1 aromatic heterocycles. The van der Waals surface area contributed by atoms with Crippen molar-refractivity contribution in [3.63, 3.8) is 0 Å². The second kappa shape index (κ2) is 3.03. The van der Waals surface area contributed by atoms with E-state index in [1.54, 1.807) is 23.6 Å². The molecule has 59 valence electrons.